The summed E-state index contributed by atoms with van der Waals surface area (Å²) in [6.45, 7) is 5.05. The zero-order chi connectivity index (χ0) is 7.90. The molecule has 2 nitrogen and oxygen atoms in total. The van der Waals surface area contributed by atoms with Gasteiger partial charge in [-0.25, -0.2) is 0 Å². The van der Waals surface area contributed by atoms with E-state index in [1.807, 2.05) is 5.38 Å². The second-order valence-electron chi connectivity index (χ2n) is 3.37. The molecule has 0 atom stereocenters. The van der Waals surface area contributed by atoms with Crippen molar-refractivity contribution in [2.75, 3.05) is 11.9 Å². The fourth-order valence-corrected chi connectivity index (χ4v) is 1.84. The van der Waals surface area contributed by atoms with Gasteiger partial charge in [0.1, 0.15) is 5.60 Å². The molecule has 0 aromatic carbocycles. The van der Waals surface area contributed by atoms with E-state index in [1.54, 1.807) is 11.3 Å². The van der Waals surface area contributed by atoms with E-state index < -0.39 is 0 Å². The van der Waals surface area contributed by atoms with Gasteiger partial charge in [-0.3, -0.25) is 0 Å². The van der Waals surface area contributed by atoms with Crippen molar-refractivity contribution < 1.29 is 4.74 Å². The Kier molecular flexibility index (Phi) is 1.36. The molecule has 0 unspecified atom stereocenters. The third kappa shape index (κ3) is 1.20. The number of nitrogens with one attached hydrogen (secondary N) is 1. The van der Waals surface area contributed by atoms with E-state index in [1.165, 1.54) is 0 Å². The number of hydrogen-bond acceptors (Lipinski definition) is 3. The third-order valence-electron chi connectivity index (χ3n) is 1.72. The van der Waals surface area contributed by atoms with Crippen LogP contribution in [-0.4, -0.2) is 12.1 Å². The summed E-state index contributed by atoms with van der Waals surface area (Å²) in [4.78, 5) is 0. The van der Waals surface area contributed by atoms with Gasteiger partial charge in [0, 0.05) is 10.8 Å². The van der Waals surface area contributed by atoms with Crippen molar-refractivity contribution in [3.63, 3.8) is 0 Å². The maximum atomic E-state index is 5.71. The number of anilines is 1. The van der Waals surface area contributed by atoms with Crippen molar-refractivity contribution in [3.05, 3.63) is 10.8 Å². The highest BCUT2D eigenvalue weighted by Crippen LogP contribution is 2.35. The summed E-state index contributed by atoms with van der Waals surface area (Å²) < 4.78 is 5.71. The van der Waals surface area contributed by atoms with E-state index in [-0.39, 0.29) is 5.60 Å². The zero-order valence-corrected chi connectivity index (χ0v) is 7.49. The number of hydrogen-bond donors (Lipinski definition) is 1. The Labute approximate surface area is 70.2 Å². The summed E-state index contributed by atoms with van der Waals surface area (Å²) in [5.41, 5.74) is 1.07. The Morgan fingerprint density at radius 1 is 1.55 bits per heavy atom. The molecule has 0 saturated heterocycles. The number of thiophene rings is 1. The predicted octanol–water partition coefficient (Wildman–Crippen LogP) is 2.33. The number of rotatable bonds is 0. The van der Waals surface area contributed by atoms with E-state index >= 15 is 0 Å². The van der Waals surface area contributed by atoms with E-state index in [0.717, 1.165) is 18.0 Å². The maximum Gasteiger partial charge on any atom is 0.153 e. The van der Waals surface area contributed by atoms with E-state index in [2.05, 4.69) is 24.5 Å². The molecule has 1 aliphatic heterocycles. The largest absolute Gasteiger partial charge is 0.483 e. The molecule has 2 rings (SSSR count). The van der Waals surface area contributed by atoms with E-state index in [4.69, 9.17) is 4.74 Å². The molecule has 0 aliphatic carbocycles. The fraction of sp³-hybridized carbons (Fsp3) is 0.500. The molecule has 60 valence electrons. The highest BCUT2D eigenvalue weighted by molar-refractivity contribution is 7.08. The van der Waals surface area contributed by atoms with Gasteiger partial charge in [0.25, 0.3) is 0 Å². The minimum atomic E-state index is -0.0614. The number of ether oxygens (including phenoxy) is 1. The van der Waals surface area contributed by atoms with Crippen LogP contribution in [0.2, 0.25) is 0 Å². The van der Waals surface area contributed by atoms with Gasteiger partial charge in [0.05, 0.1) is 12.2 Å². The monoisotopic (exact) mass is 169 g/mol. The van der Waals surface area contributed by atoms with Crippen LogP contribution in [-0.2, 0) is 0 Å². The summed E-state index contributed by atoms with van der Waals surface area (Å²) in [5, 5.41) is 7.42. The molecule has 0 fully saturated rings. The topological polar surface area (TPSA) is 21.3 Å². The van der Waals surface area contributed by atoms with Crippen molar-refractivity contribution in [3.8, 4) is 5.75 Å². The average Bonchev–Trinajstić information content (AvgIpc) is 2.31. The lowest BCUT2D eigenvalue weighted by molar-refractivity contribution is 0.117. The lowest BCUT2D eigenvalue weighted by atomic mass is 10.1. The van der Waals surface area contributed by atoms with Crippen LogP contribution in [0, 0.1) is 0 Å². The molecule has 2 heterocycles. The van der Waals surface area contributed by atoms with Crippen LogP contribution in [0.4, 0.5) is 5.69 Å². The minimum Gasteiger partial charge on any atom is -0.483 e. The predicted molar refractivity (Wildman–Crippen MR) is 47.5 cm³/mol. The van der Waals surface area contributed by atoms with Crippen LogP contribution in [0.15, 0.2) is 10.8 Å². The molecular weight excluding hydrogens is 158 g/mol. The Morgan fingerprint density at radius 2 is 2.36 bits per heavy atom. The summed E-state index contributed by atoms with van der Waals surface area (Å²) in [7, 11) is 0. The summed E-state index contributed by atoms with van der Waals surface area (Å²) in [6, 6.07) is 0. The Balaban J connectivity index is 2.32. The molecule has 11 heavy (non-hydrogen) atoms. The van der Waals surface area contributed by atoms with Crippen LogP contribution >= 0.6 is 11.3 Å². The molecule has 3 heteroatoms. The smallest absolute Gasteiger partial charge is 0.153 e. The first-order chi connectivity index (χ1) is 5.17. The Bertz CT molecular complexity index is 267. The SMILES string of the molecule is CC1(C)CNc2cscc2O1. The van der Waals surface area contributed by atoms with Crippen molar-refractivity contribution >= 4 is 17.0 Å². The standard InChI is InChI=1S/C8H11NOS/c1-8(2)5-9-6-3-11-4-7(6)10-8/h3-4,9H,5H2,1-2H3. The molecule has 0 radical (unpaired) electrons. The molecule has 1 aromatic heterocycles. The van der Waals surface area contributed by atoms with E-state index in [9.17, 15) is 0 Å². The zero-order valence-electron chi connectivity index (χ0n) is 6.68. The van der Waals surface area contributed by atoms with Crippen molar-refractivity contribution in [2.24, 2.45) is 0 Å². The number of fused-ring (bicyclic) bond motifs is 1. The van der Waals surface area contributed by atoms with Gasteiger partial charge < -0.3 is 10.1 Å². The fourth-order valence-electron chi connectivity index (χ4n) is 1.14. The third-order valence-corrected chi connectivity index (χ3v) is 2.44. The second kappa shape index (κ2) is 2.14. The first kappa shape index (κ1) is 6.98. The maximum absolute atomic E-state index is 5.71. The van der Waals surface area contributed by atoms with Crippen LogP contribution in [0.3, 0.4) is 0 Å². The Morgan fingerprint density at radius 3 is 3.18 bits per heavy atom. The van der Waals surface area contributed by atoms with Gasteiger partial charge in [-0.15, -0.1) is 11.3 Å². The molecule has 0 amide bonds. The molecule has 0 spiro atoms. The Hall–Kier alpha value is -0.700. The van der Waals surface area contributed by atoms with Crippen LogP contribution in [0.25, 0.3) is 0 Å². The lowest BCUT2D eigenvalue weighted by Crippen LogP contribution is -2.39. The highest BCUT2D eigenvalue weighted by atomic mass is 32.1. The second-order valence-corrected chi connectivity index (χ2v) is 4.11. The van der Waals surface area contributed by atoms with Gasteiger partial charge in [-0.05, 0) is 13.8 Å². The summed E-state index contributed by atoms with van der Waals surface area (Å²) in [5.74, 6) is 0.992. The van der Waals surface area contributed by atoms with Crippen LogP contribution in [0.5, 0.6) is 5.75 Å². The average molecular weight is 169 g/mol. The first-order valence-corrected chi connectivity index (χ1v) is 4.61. The van der Waals surface area contributed by atoms with Gasteiger partial charge in [-0.2, -0.15) is 0 Å². The van der Waals surface area contributed by atoms with Gasteiger partial charge >= 0.3 is 0 Å². The van der Waals surface area contributed by atoms with Gasteiger partial charge in [0.15, 0.2) is 5.75 Å². The van der Waals surface area contributed by atoms with E-state index in [0.29, 0.717) is 0 Å². The van der Waals surface area contributed by atoms with Crippen molar-refractivity contribution in [1.82, 2.24) is 0 Å². The summed E-state index contributed by atoms with van der Waals surface area (Å²) >= 11 is 1.67. The lowest BCUT2D eigenvalue weighted by Gasteiger charge is -2.31. The molecule has 1 aliphatic rings. The molecule has 1 N–H and O–H groups in total. The first-order valence-electron chi connectivity index (χ1n) is 3.66. The normalized spacial score (nSPS) is 19.8. The molecule has 1 aromatic rings. The van der Waals surface area contributed by atoms with Gasteiger partial charge in [0.2, 0.25) is 0 Å². The van der Waals surface area contributed by atoms with Gasteiger partial charge in [-0.1, -0.05) is 0 Å². The molecule has 0 bridgehead atoms. The van der Waals surface area contributed by atoms with Crippen molar-refractivity contribution in [1.29, 1.82) is 0 Å². The summed E-state index contributed by atoms with van der Waals surface area (Å²) in [6.07, 6.45) is 0. The minimum absolute atomic E-state index is 0.0614. The quantitative estimate of drug-likeness (QED) is 0.643. The van der Waals surface area contributed by atoms with Crippen molar-refractivity contribution in [2.45, 2.75) is 19.4 Å². The highest BCUT2D eigenvalue weighted by Gasteiger charge is 2.26. The molecule has 0 saturated carbocycles. The molecular formula is C8H11NOS. The van der Waals surface area contributed by atoms with Crippen LogP contribution in [0.1, 0.15) is 13.8 Å². The van der Waals surface area contributed by atoms with Crippen LogP contribution < -0.4 is 10.1 Å².